The summed E-state index contributed by atoms with van der Waals surface area (Å²) in [5, 5.41) is 5.79. The fraction of sp³-hybridized carbons (Fsp3) is 0.579. The highest BCUT2D eigenvalue weighted by Crippen LogP contribution is 2.28. The van der Waals surface area contributed by atoms with E-state index in [0.717, 1.165) is 12.8 Å². The first-order chi connectivity index (χ1) is 13.8. The number of benzene rings is 1. The molecule has 2 amide bonds. The zero-order chi connectivity index (χ0) is 21.3. The van der Waals surface area contributed by atoms with Gasteiger partial charge >= 0.3 is 0 Å². The molecule has 1 aromatic rings. The van der Waals surface area contributed by atoms with Gasteiger partial charge in [-0.2, -0.15) is 0 Å². The Morgan fingerprint density at radius 1 is 1.10 bits per heavy atom. The van der Waals surface area contributed by atoms with Gasteiger partial charge in [0, 0.05) is 31.1 Å². The van der Waals surface area contributed by atoms with Crippen LogP contribution < -0.4 is 15.4 Å². The van der Waals surface area contributed by atoms with E-state index in [4.69, 9.17) is 16.3 Å². The van der Waals surface area contributed by atoms with Gasteiger partial charge in [0.25, 0.3) is 0 Å². The molecule has 0 aliphatic heterocycles. The second kappa shape index (κ2) is 11.5. The van der Waals surface area contributed by atoms with Crippen molar-refractivity contribution in [2.24, 2.45) is 11.8 Å². The lowest BCUT2D eigenvalue weighted by Crippen LogP contribution is -2.41. The summed E-state index contributed by atoms with van der Waals surface area (Å²) in [5.41, 5.74) is 0. The van der Waals surface area contributed by atoms with E-state index < -0.39 is 10.0 Å². The van der Waals surface area contributed by atoms with Crippen molar-refractivity contribution >= 4 is 33.4 Å². The van der Waals surface area contributed by atoms with E-state index in [9.17, 15) is 18.0 Å². The van der Waals surface area contributed by atoms with Crippen molar-refractivity contribution in [3.63, 3.8) is 0 Å². The number of hydrogen-bond acceptors (Lipinski definition) is 5. The third-order valence-electron chi connectivity index (χ3n) is 4.96. The molecule has 0 bridgehead atoms. The van der Waals surface area contributed by atoms with E-state index in [1.165, 1.54) is 24.3 Å². The summed E-state index contributed by atoms with van der Waals surface area (Å²) in [4.78, 5) is 24.0. The van der Waals surface area contributed by atoms with Gasteiger partial charge < -0.3 is 15.4 Å². The monoisotopic (exact) mass is 445 g/mol. The van der Waals surface area contributed by atoms with Gasteiger partial charge in [-0.1, -0.05) is 11.6 Å². The molecule has 1 saturated carbocycles. The minimum atomic E-state index is -3.58. The standard InChI is InChI=1S/C19H28ClN3O5S/c1-28-11-10-21-18(24)13-22-19(25)15-4-2-14(3-5-15)12-23-29(26,27)17-8-6-16(20)7-9-17/h6-9,14-15,23H,2-5,10-13H2,1H3,(H,21,24)(H,22,25). The van der Waals surface area contributed by atoms with E-state index in [-0.39, 0.29) is 35.1 Å². The minimum Gasteiger partial charge on any atom is -0.383 e. The fourth-order valence-electron chi connectivity index (χ4n) is 3.22. The van der Waals surface area contributed by atoms with E-state index in [2.05, 4.69) is 15.4 Å². The lowest BCUT2D eigenvalue weighted by molar-refractivity contribution is -0.129. The van der Waals surface area contributed by atoms with Crippen LogP contribution in [0.3, 0.4) is 0 Å². The minimum absolute atomic E-state index is 0.0522. The Kier molecular flexibility index (Phi) is 9.35. The van der Waals surface area contributed by atoms with Crippen LogP contribution in [0.5, 0.6) is 0 Å². The third kappa shape index (κ3) is 7.93. The SMILES string of the molecule is COCCNC(=O)CNC(=O)C1CCC(CNS(=O)(=O)c2ccc(Cl)cc2)CC1. The smallest absolute Gasteiger partial charge is 0.240 e. The maximum absolute atomic E-state index is 12.3. The van der Waals surface area contributed by atoms with Crippen molar-refractivity contribution in [2.75, 3.05) is 33.4 Å². The number of carbonyl (C=O) groups excluding carboxylic acids is 2. The number of ether oxygens (including phenoxy) is 1. The van der Waals surface area contributed by atoms with Gasteiger partial charge in [-0.15, -0.1) is 0 Å². The second-order valence-electron chi connectivity index (χ2n) is 7.08. The topological polar surface area (TPSA) is 114 Å². The van der Waals surface area contributed by atoms with Gasteiger partial charge in [0.1, 0.15) is 0 Å². The number of amides is 2. The van der Waals surface area contributed by atoms with E-state index in [1.54, 1.807) is 7.11 Å². The summed E-state index contributed by atoms with van der Waals surface area (Å²) in [5.74, 6) is -0.350. The van der Waals surface area contributed by atoms with Crippen molar-refractivity contribution in [3.8, 4) is 0 Å². The molecule has 2 rings (SSSR count). The average molecular weight is 446 g/mol. The normalized spacial score (nSPS) is 19.5. The quantitative estimate of drug-likeness (QED) is 0.470. The lowest BCUT2D eigenvalue weighted by atomic mass is 9.81. The summed E-state index contributed by atoms with van der Waals surface area (Å²) in [7, 11) is -2.03. The van der Waals surface area contributed by atoms with Crippen molar-refractivity contribution in [3.05, 3.63) is 29.3 Å². The fourth-order valence-corrected chi connectivity index (χ4v) is 4.46. The van der Waals surface area contributed by atoms with Crippen LogP contribution >= 0.6 is 11.6 Å². The Morgan fingerprint density at radius 2 is 1.76 bits per heavy atom. The summed E-state index contributed by atoms with van der Waals surface area (Å²) >= 11 is 5.79. The van der Waals surface area contributed by atoms with Gasteiger partial charge in [0.15, 0.2) is 0 Å². The second-order valence-corrected chi connectivity index (χ2v) is 9.29. The highest BCUT2D eigenvalue weighted by Gasteiger charge is 2.27. The Bertz CT molecular complexity index is 778. The summed E-state index contributed by atoms with van der Waals surface area (Å²) in [6, 6.07) is 6.02. The molecule has 3 N–H and O–H groups in total. The van der Waals surface area contributed by atoms with Gasteiger partial charge in [0.2, 0.25) is 21.8 Å². The molecule has 1 fully saturated rings. The van der Waals surface area contributed by atoms with Crippen molar-refractivity contribution < 1.29 is 22.7 Å². The number of sulfonamides is 1. The van der Waals surface area contributed by atoms with Crippen molar-refractivity contribution in [2.45, 2.75) is 30.6 Å². The molecule has 0 radical (unpaired) electrons. The van der Waals surface area contributed by atoms with Crippen molar-refractivity contribution in [1.29, 1.82) is 0 Å². The summed E-state index contributed by atoms with van der Waals surface area (Å²) in [6.07, 6.45) is 2.84. The first-order valence-corrected chi connectivity index (χ1v) is 11.5. The number of nitrogens with one attached hydrogen (secondary N) is 3. The van der Waals surface area contributed by atoms with Crippen LogP contribution in [0.25, 0.3) is 0 Å². The van der Waals surface area contributed by atoms with Crippen LogP contribution in [0.15, 0.2) is 29.2 Å². The third-order valence-corrected chi connectivity index (χ3v) is 6.65. The predicted octanol–water partition coefficient (Wildman–Crippen LogP) is 1.30. The molecule has 1 aliphatic rings. The number of rotatable bonds is 10. The lowest BCUT2D eigenvalue weighted by Gasteiger charge is -2.27. The molecule has 0 spiro atoms. The highest BCUT2D eigenvalue weighted by molar-refractivity contribution is 7.89. The van der Waals surface area contributed by atoms with Crippen LogP contribution in [0.1, 0.15) is 25.7 Å². The molecule has 0 unspecified atom stereocenters. The van der Waals surface area contributed by atoms with Gasteiger partial charge in [-0.25, -0.2) is 13.1 Å². The molecule has 1 aromatic carbocycles. The molecule has 162 valence electrons. The predicted molar refractivity (Wildman–Crippen MR) is 110 cm³/mol. The molecule has 0 aromatic heterocycles. The van der Waals surface area contributed by atoms with Crippen LogP contribution in [-0.4, -0.2) is 53.6 Å². The summed E-state index contributed by atoms with van der Waals surface area (Å²) in [6.45, 7) is 1.11. The molecule has 29 heavy (non-hydrogen) atoms. The van der Waals surface area contributed by atoms with Crippen LogP contribution in [-0.2, 0) is 24.3 Å². The number of halogens is 1. The Morgan fingerprint density at radius 3 is 2.38 bits per heavy atom. The van der Waals surface area contributed by atoms with E-state index in [1.807, 2.05) is 0 Å². The Hall–Kier alpha value is -1.68. The molecular formula is C19H28ClN3O5S. The first-order valence-electron chi connectivity index (χ1n) is 9.60. The zero-order valence-electron chi connectivity index (χ0n) is 16.4. The Labute approximate surface area is 176 Å². The Balaban J connectivity index is 1.70. The van der Waals surface area contributed by atoms with Crippen LogP contribution in [0, 0.1) is 11.8 Å². The first kappa shape index (κ1) is 23.6. The molecule has 8 nitrogen and oxygen atoms in total. The van der Waals surface area contributed by atoms with E-state index >= 15 is 0 Å². The highest BCUT2D eigenvalue weighted by atomic mass is 35.5. The molecular weight excluding hydrogens is 418 g/mol. The van der Waals surface area contributed by atoms with Crippen LogP contribution in [0.4, 0.5) is 0 Å². The van der Waals surface area contributed by atoms with Gasteiger partial charge in [-0.05, 0) is 55.9 Å². The zero-order valence-corrected chi connectivity index (χ0v) is 18.0. The number of hydrogen-bond donors (Lipinski definition) is 3. The average Bonchev–Trinajstić information content (AvgIpc) is 2.71. The van der Waals surface area contributed by atoms with E-state index in [0.29, 0.717) is 37.6 Å². The maximum Gasteiger partial charge on any atom is 0.240 e. The summed E-state index contributed by atoms with van der Waals surface area (Å²) < 4.78 is 32.2. The molecule has 0 heterocycles. The van der Waals surface area contributed by atoms with Gasteiger partial charge in [-0.3, -0.25) is 9.59 Å². The maximum atomic E-state index is 12.3. The number of methoxy groups -OCH3 is 1. The van der Waals surface area contributed by atoms with Crippen LogP contribution in [0.2, 0.25) is 5.02 Å². The largest absolute Gasteiger partial charge is 0.383 e. The molecule has 0 atom stereocenters. The van der Waals surface area contributed by atoms with Gasteiger partial charge in [0.05, 0.1) is 18.0 Å². The molecule has 0 saturated heterocycles. The molecule has 10 heteroatoms. The van der Waals surface area contributed by atoms with Crippen molar-refractivity contribution in [1.82, 2.24) is 15.4 Å². The number of carbonyl (C=O) groups is 2. The molecule has 1 aliphatic carbocycles.